The van der Waals surface area contributed by atoms with Gasteiger partial charge in [0, 0.05) is 55.6 Å². The molecule has 0 unspecified atom stereocenters. The van der Waals surface area contributed by atoms with Gasteiger partial charge < -0.3 is 15.1 Å². The average molecular weight is 437 g/mol. The molecule has 2 aliphatic rings. The molecule has 172 valence electrons. The van der Waals surface area contributed by atoms with E-state index < -0.39 is 0 Å². The van der Waals surface area contributed by atoms with Gasteiger partial charge in [-0.25, -0.2) is 0 Å². The molecule has 32 heavy (non-hydrogen) atoms. The van der Waals surface area contributed by atoms with Crippen LogP contribution in [0.2, 0.25) is 0 Å². The Morgan fingerprint density at radius 2 is 1.75 bits per heavy atom. The van der Waals surface area contributed by atoms with Crippen LogP contribution < -0.4 is 5.32 Å². The number of nitrogens with one attached hydrogen (secondary N) is 1. The topological polar surface area (TPSA) is 65.5 Å². The molecule has 0 atom stereocenters. The lowest BCUT2D eigenvalue weighted by molar-refractivity contribution is -0.124. The summed E-state index contributed by atoms with van der Waals surface area (Å²) in [4.78, 5) is 34.6. The van der Waals surface area contributed by atoms with Gasteiger partial charge in [-0.1, -0.05) is 32.0 Å². The van der Waals surface area contributed by atoms with Crippen molar-refractivity contribution in [1.82, 2.24) is 20.1 Å². The Balaban J connectivity index is 1.49. The van der Waals surface area contributed by atoms with Crippen molar-refractivity contribution in [3.05, 3.63) is 41.6 Å². The smallest absolute Gasteiger partial charge is 0.254 e. The van der Waals surface area contributed by atoms with Crippen molar-refractivity contribution in [2.75, 3.05) is 39.8 Å². The normalized spacial score (nSPS) is 22.3. The zero-order chi connectivity index (χ0) is 22.7. The van der Waals surface area contributed by atoms with Crippen LogP contribution in [0.25, 0.3) is 10.9 Å². The number of piperazine rings is 1. The molecule has 0 bridgehead atoms. The average Bonchev–Trinajstić information content (AvgIpc) is 2.82. The molecule has 4 rings (SSSR count). The van der Waals surface area contributed by atoms with E-state index in [0.717, 1.165) is 80.6 Å². The first kappa shape index (κ1) is 22.7. The molecular weight excluding hydrogens is 400 g/mol. The van der Waals surface area contributed by atoms with E-state index in [0.29, 0.717) is 11.8 Å². The van der Waals surface area contributed by atoms with Crippen molar-refractivity contribution >= 4 is 22.7 Å². The molecule has 6 nitrogen and oxygen atoms in total. The summed E-state index contributed by atoms with van der Waals surface area (Å²) >= 11 is 0. The summed E-state index contributed by atoms with van der Waals surface area (Å²) in [6.45, 7) is 8.00. The first-order valence-corrected chi connectivity index (χ1v) is 12.1. The summed E-state index contributed by atoms with van der Waals surface area (Å²) in [7, 11) is 2.10. The lowest BCUT2D eigenvalue weighted by Crippen LogP contribution is -2.47. The first-order chi connectivity index (χ1) is 15.4. The summed E-state index contributed by atoms with van der Waals surface area (Å²) < 4.78 is 0. The molecule has 1 saturated heterocycles. The standard InChI is InChI=1S/C26H36N4O2/c1-18(2)25(31)27-17-19-8-10-20(11-9-19)24-16-22(21-6-4-5-7-23(21)28-24)26(32)30-14-12-29(3)13-15-30/h4-7,16,18-20H,8-15,17H2,1-3H3,(H,27,31). The van der Waals surface area contributed by atoms with Crippen molar-refractivity contribution in [3.8, 4) is 0 Å². The molecule has 1 aromatic carbocycles. The van der Waals surface area contributed by atoms with E-state index in [1.165, 1.54) is 0 Å². The highest BCUT2D eigenvalue weighted by Crippen LogP contribution is 2.36. The second kappa shape index (κ2) is 9.99. The molecular formula is C26H36N4O2. The summed E-state index contributed by atoms with van der Waals surface area (Å²) in [5, 5.41) is 4.04. The Hall–Kier alpha value is -2.47. The number of para-hydroxylation sites is 1. The van der Waals surface area contributed by atoms with Gasteiger partial charge >= 0.3 is 0 Å². The monoisotopic (exact) mass is 436 g/mol. The van der Waals surface area contributed by atoms with Gasteiger partial charge in [0.2, 0.25) is 5.91 Å². The fourth-order valence-corrected chi connectivity index (χ4v) is 4.87. The highest BCUT2D eigenvalue weighted by atomic mass is 16.2. The van der Waals surface area contributed by atoms with E-state index in [1.54, 1.807) is 0 Å². The van der Waals surface area contributed by atoms with Crippen LogP contribution in [0.1, 0.15) is 61.5 Å². The van der Waals surface area contributed by atoms with Gasteiger partial charge in [-0.05, 0) is 50.8 Å². The Labute approximate surface area is 191 Å². The fraction of sp³-hybridized carbons (Fsp3) is 0.577. The molecule has 2 fully saturated rings. The number of nitrogens with zero attached hydrogens (tertiary/aromatic N) is 3. The number of hydrogen-bond donors (Lipinski definition) is 1. The number of likely N-dealkylation sites (N-methyl/N-ethyl adjacent to an activating group) is 1. The zero-order valence-corrected chi connectivity index (χ0v) is 19.6. The second-order valence-corrected chi connectivity index (χ2v) is 9.82. The molecule has 6 heteroatoms. The van der Waals surface area contributed by atoms with Crippen molar-refractivity contribution in [2.24, 2.45) is 11.8 Å². The maximum Gasteiger partial charge on any atom is 0.254 e. The van der Waals surface area contributed by atoms with Crippen LogP contribution in [0.15, 0.2) is 30.3 Å². The number of aromatic nitrogens is 1. The van der Waals surface area contributed by atoms with Crippen LogP contribution in [0.3, 0.4) is 0 Å². The van der Waals surface area contributed by atoms with Crippen LogP contribution in [-0.4, -0.2) is 66.4 Å². The SMILES string of the molecule is CC(C)C(=O)NCC1CCC(c2cc(C(=O)N3CCN(C)CC3)c3ccccc3n2)CC1. The third-order valence-corrected chi connectivity index (χ3v) is 7.11. The molecule has 1 saturated carbocycles. The van der Waals surface area contributed by atoms with E-state index in [4.69, 9.17) is 4.98 Å². The van der Waals surface area contributed by atoms with E-state index in [9.17, 15) is 9.59 Å². The van der Waals surface area contributed by atoms with Crippen LogP contribution in [0, 0.1) is 11.8 Å². The number of carbonyl (C=O) groups excluding carboxylic acids is 2. The van der Waals surface area contributed by atoms with Crippen molar-refractivity contribution < 1.29 is 9.59 Å². The molecule has 2 amide bonds. The predicted octanol–water partition coefficient (Wildman–Crippen LogP) is 3.67. The van der Waals surface area contributed by atoms with Gasteiger partial charge in [-0.15, -0.1) is 0 Å². The van der Waals surface area contributed by atoms with E-state index in [1.807, 2.05) is 43.0 Å². The highest BCUT2D eigenvalue weighted by molar-refractivity contribution is 6.06. The zero-order valence-electron chi connectivity index (χ0n) is 19.6. The minimum atomic E-state index is 0.0319. The number of rotatable bonds is 5. The fourth-order valence-electron chi connectivity index (χ4n) is 4.87. The molecule has 0 spiro atoms. The van der Waals surface area contributed by atoms with Gasteiger partial charge in [0.15, 0.2) is 0 Å². The Morgan fingerprint density at radius 3 is 2.44 bits per heavy atom. The number of hydrogen-bond acceptors (Lipinski definition) is 4. The molecule has 1 aliphatic heterocycles. The van der Waals surface area contributed by atoms with Gasteiger partial charge in [0.1, 0.15) is 0 Å². The molecule has 0 radical (unpaired) electrons. The number of carbonyl (C=O) groups is 2. The minimum absolute atomic E-state index is 0.0319. The summed E-state index contributed by atoms with van der Waals surface area (Å²) in [6, 6.07) is 10.1. The van der Waals surface area contributed by atoms with Crippen LogP contribution in [0.4, 0.5) is 0 Å². The van der Waals surface area contributed by atoms with Crippen LogP contribution in [0.5, 0.6) is 0 Å². The molecule has 2 aromatic rings. The van der Waals surface area contributed by atoms with E-state index >= 15 is 0 Å². The maximum absolute atomic E-state index is 13.5. The van der Waals surface area contributed by atoms with Crippen molar-refractivity contribution in [1.29, 1.82) is 0 Å². The quantitative estimate of drug-likeness (QED) is 0.777. The lowest BCUT2D eigenvalue weighted by atomic mass is 9.80. The third-order valence-electron chi connectivity index (χ3n) is 7.11. The molecule has 1 aromatic heterocycles. The molecule has 1 aliphatic carbocycles. The van der Waals surface area contributed by atoms with Gasteiger partial charge in [-0.2, -0.15) is 0 Å². The van der Waals surface area contributed by atoms with E-state index in [2.05, 4.69) is 23.3 Å². The van der Waals surface area contributed by atoms with E-state index in [-0.39, 0.29) is 17.7 Å². The molecule has 1 N–H and O–H groups in total. The van der Waals surface area contributed by atoms with Crippen LogP contribution in [-0.2, 0) is 4.79 Å². The van der Waals surface area contributed by atoms with Gasteiger partial charge in [-0.3, -0.25) is 14.6 Å². The van der Waals surface area contributed by atoms with Crippen LogP contribution >= 0.6 is 0 Å². The second-order valence-electron chi connectivity index (χ2n) is 9.82. The minimum Gasteiger partial charge on any atom is -0.356 e. The Morgan fingerprint density at radius 1 is 1.06 bits per heavy atom. The number of fused-ring (bicyclic) bond motifs is 1. The summed E-state index contributed by atoms with van der Waals surface area (Å²) in [6.07, 6.45) is 4.27. The largest absolute Gasteiger partial charge is 0.356 e. The highest BCUT2D eigenvalue weighted by Gasteiger charge is 2.27. The Kier molecular flexibility index (Phi) is 7.09. The Bertz CT molecular complexity index is 957. The maximum atomic E-state index is 13.5. The van der Waals surface area contributed by atoms with Crippen molar-refractivity contribution in [2.45, 2.75) is 45.4 Å². The van der Waals surface area contributed by atoms with Gasteiger partial charge in [0.05, 0.1) is 11.1 Å². The van der Waals surface area contributed by atoms with Crippen molar-refractivity contribution in [3.63, 3.8) is 0 Å². The summed E-state index contributed by atoms with van der Waals surface area (Å²) in [5.74, 6) is 1.19. The predicted molar refractivity (Wildman–Crippen MR) is 128 cm³/mol. The molecule has 2 heterocycles. The number of pyridine rings is 1. The summed E-state index contributed by atoms with van der Waals surface area (Å²) in [5.41, 5.74) is 2.75. The first-order valence-electron chi connectivity index (χ1n) is 12.1. The lowest BCUT2D eigenvalue weighted by Gasteiger charge is -2.33. The number of amides is 2. The number of benzene rings is 1. The van der Waals surface area contributed by atoms with Gasteiger partial charge in [0.25, 0.3) is 5.91 Å². The third kappa shape index (κ3) is 5.12.